The second kappa shape index (κ2) is 5.69. The molecule has 0 aliphatic carbocycles. The summed E-state index contributed by atoms with van der Waals surface area (Å²) in [5.41, 5.74) is 2.04. The van der Waals surface area contributed by atoms with Gasteiger partial charge >= 0.3 is 0 Å². The van der Waals surface area contributed by atoms with Crippen LogP contribution in [0, 0.1) is 0 Å². The van der Waals surface area contributed by atoms with Crippen LogP contribution in [0.3, 0.4) is 0 Å². The van der Waals surface area contributed by atoms with Gasteiger partial charge in [0.05, 0.1) is 10.7 Å². The summed E-state index contributed by atoms with van der Waals surface area (Å²) in [6.07, 6.45) is 5.15. The van der Waals surface area contributed by atoms with Gasteiger partial charge < -0.3 is 10.2 Å². The Morgan fingerprint density at radius 2 is 2.11 bits per heavy atom. The smallest absolute Gasteiger partial charge is 0.128 e. The lowest BCUT2D eigenvalue weighted by Gasteiger charge is -2.13. The van der Waals surface area contributed by atoms with E-state index in [0.29, 0.717) is 11.6 Å². The summed E-state index contributed by atoms with van der Waals surface area (Å²) < 4.78 is 0. The Hall–Kier alpha value is -1.81. The fourth-order valence-electron chi connectivity index (χ4n) is 1.53. The van der Waals surface area contributed by atoms with E-state index in [9.17, 15) is 0 Å². The van der Waals surface area contributed by atoms with Crippen LogP contribution in [0.1, 0.15) is 5.56 Å². The Morgan fingerprint density at radius 1 is 1.28 bits per heavy atom. The number of hydrogen-bond acceptors (Lipinski definition) is 4. The second-order valence-corrected chi connectivity index (χ2v) is 4.53. The first-order valence-corrected chi connectivity index (χ1v) is 6.00. The molecule has 2 aromatic rings. The van der Waals surface area contributed by atoms with Crippen molar-refractivity contribution in [2.24, 2.45) is 0 Å². The molecular formula is C13H15ClN4. The lowest BCUT2D eigenvalue weighted by Crippen LogP contribution is -2.11. The Bertz CT molecular complexity index is 528. The van der Waals surface area contributed by atoms with Gasteiger partial charge in [-0.05, 0) is 23.8 Å². The molecule has 0 aliphatic rings. The van der Waals surface area contributed by atoms with Crippen molar-refractivity contribution in [3.05, 3.63) is 47.4 Å². The third-order valence-corrected chi connectivity index (χ3v) is 2.82. The predicted molar refractivity (Wildman–Crippen MR) is 75.1 cm³/mol. The number of anilines is 2. The van der Waals surface area contributed by atoms with Crippen LogP contribution in [0.5, 0.6) is 0 Å². The van der Waals surface area contributed by atoms with Gasteiger partial charge in [-0.2, -0.15) is 0 Å². The van der Waals surface area contributed by atoms with Crippen molar-refractivity contribution in [3.63, 3.8) is 0 Å². The highest BCUT2D eigenvalue weighted by molar-refractivity contribution is 6.33. The molecule has 2 heterocycles. The highest BCUT2D eigenvalue weighted by atomic mass is 35.5. The van der Waals surface area contributed by atoms with Gasteiger partial charge in [-0.3, -0.25) is 4.98 Å². The molecule has 0 saturated heterocycles. The number of nitrogens with zero attached hydrogens (tertiary/aromatic N) is 3. The van der Waals surface area contributed by atoms with E-state index in [1.165, 1.54) is 0 Å². The van der Waals surface area contributed by atoms with E-state index in [4.69, 9.17) is 11.6 Å². The van der Waals surface area contributed by atoms with E-state index in [-0.39, 0.29) is 0 Å². The summed E-state index contributed by atoms with van der Waals surface area (Å²) in [7, 11) is 3.94. The minimum Gasteiger partial charge on any atom is -0.380 e. The maximum atomic E-state index is 6.03. The average molecular weight is 263 g/mol. The Kier molecular flexibility index (Phi) is 3.99. The molecule has 0 spiro atoms. The standard InChI is InChI=1S/C13H15ClN4/c1-18(2)13-7-10(3-6-16-13)8-17-12-4-5-15-9-11(12)14/h3-7,9H,8H2,1-2H3,(H,15,17). The van der Waals surface area contributed by atoms with Crippen LogP contribution in [0.25, 0.3) is 0 Å². The second-order valence-electron chi connectivity index (χ2n) is 4.13. The fourth-order valence-corrected chi connectivity index (χ4v) is 1.72. The minimum absolute atomic E-state index is 0.624. The van der Waals surface area contributed by atoms with Crippen molar-refractivity contribution in [1.29, 1.82) is 0 Å². The summed E-state index contributed by atoms with van der Waals surface area (Å²) in [6, 6.07) is 5.88. The van der Waals surface area contributed by atoms with Crippen LogP contribution in [-0.4, -0.2) is 24.1 Å². The molecule has 0 radical (unpaired) electrons. The van der Waals surface area contributed by atoms with Crippen molar-refractivity contribution < 1.29 is 0 Å². The van der Waals surface area contributed by atoms with E-state index < -0.39 is 0 Å². The number of aromatic nitrogens is 2. The maximum absolute atomic E-state index is 6.03. The van der Waals surface area contributed by atoms with Crippen molar-refractivity contribution in [1.82, 2.24) is 9.97 Å². The molecule has 4 nitrogen and oxygen atoms in total. The monoisotopic (exact) mass is 262 g/mol. The zero-order chi connectivity index (χ0) is 13.0. The summed E-state index contributed by atoms with van der Waals surface area (Å²) in [5, 5.41) is 3.90. The predicted octanol–water partition coefficient (Wildman–Crippen LogP) is 2.81. The maximum Gasteiger partial charge on any atom is 0.128 e. The summed E-state index contributed by atoms with van der Waals surface area (Å²) in [5.74, 6) is 0.940. The van der Waals surface area contributed by atoms with Gasteiger partial charge in [-0.15, -0.1) is 0 Å². The van der Waals surface area contributed by atoms with Gasteiger partial charge in [0.2, 0.25) is 0 Å². The first-order valence-electron chi connectivity index (χ1n) is 5.62. The van der Waals surface area contributed by atoms with E-state index in [1.807, 2.05) is 37.2 Å². The molecule has 0 amide bonds. The normalized spacial score (nSPS) is 10.2. The molecule has 0 aromatic carbocycles. The molecule has 0 bridgehead atoms. The fraction of sp³-hybridized carbons (Fsp3) is 0.231. The molecule has 94 valence electrons. The number of halogens is 1. The van der Waals surface area contributed by atoms with Crippen LogP contribution in [-0.2, 0) is 6.54 Å². The molecule has 0 aliphatic heterocycles. The van der Waals surface area contributed by atoms with Gasteiger partial charge in [-0.1, -0.05) is 11.6 Å². The zero-order valence-electron chi connectivity index (χ0n) is 10.4. The number of hydrogen-bond donors (Lipinski definition) is 1. The van der Waals surface area contributed by atoms with Crippen molar-refractivity contribution in [3.8, 4) is 0 Å². The number of pyridine rings is 2. The largest absolute Gasteiger partial charge is 0.380 e. The highest BCUT2D eigenvalue weighted by Crippen LogP contribution is 2.20. The Labute approximate surface area is 112 Å². The van der Waals surface area contributed by atoms with E-state index in [0.717, 1.165) is 17.1 Å². The van der Waals surface area contributed by atoms with E-state index in [1.54, 1.807) is 18.6 Å². The topological polar surface area (TPSA) is 41.0 Å². The Balaban J connectivity index is 2.07. The van der Waals surface area contributed by atoms with Gasteiger partial charge in [0.1, 0.15) is 5.82 Å². The summed E-state index contributed by atoms with van der Waals surface area (Å²) >= 11 is 6.03. The third kappa shape index (κ3) is 3.11. The third-order valence-electron chi connectivity index (χ3n) is 2.52. The molecule has 0 unspecified atom stereocenters. The Morgan fingerprint density at radius 3 is 2.83 bits per heavy atom. The summed E-state index contributed by atoms with van der Waals surface area (Å²) in [4.78, 5) is 10.2. The van der Waals surface area contributed by atoms with Crippen molar-refractivity contribution >= 4 is 23.1 Å². The van der Waals surface area contributed by atoms with Gasteiger partial charge in [0.25, 0.3) is 0 Å². The van der Waals surface area contributed by atoms with Crippen LogP contribution < -0.4 is 10.2 Å². The van der Waals surface area contributed by atoms with Crippen LogP contribution in [0.2, 0.25) is 5.02 Å². The van der Waals surface area contributed by atoms with Crippen molar-refractivity contribution in [2.45, 2.75) is 6.54 Å². The van der Waals surface area contributed by atoms with Crippen LogP contribution >= 0.6 is 11.6 Å². The van der Waals surface area contributed by atoms with Gasteiger partial charge in [-0.25, -0.2) is 4.98 Å². The van der Waals surface area contributed by atoms with Crippen LogP contribution in [0.4, 0.5) is 11.5 Å². The molecule has 1 N–H and O–H groups in total. The number of rotatable bonds is 4. The zero-order valence-corrected chi connectivity index (χ0v) is 11.1. The molecule has 2 aromatic heterocycles. The minimum atomic E-state index is 0.624. The molecule has 0 atom stereocenters. The van der Waals surface area contributed by atoms with E-state index in [2.05, 4.69) is 15.3 Å². The van der Waals surface area contributed by atoms with Crippen LogP contribution in [0.15, 0.2) is 36.8 Å². The molecule has 0 saturated carbocycles. The first kappa shape index (κ1) is 12.6. The van der Waals surface area contributed by atoms with Gasteiger partial charge in [0, 0.05) is 39.2 Å². The molecule has 18 heavy (non-hydrogen) atoms. The number of nitrogens with one attached hydrogen (secondary N) is 1. The van der Waals surface area contributed by atoms with Gasteiger partial charge in [0.15, 0.2) is 0 Å². The summed E-state index contributed by atoms with van der Waals surface area (Å²) in [6.45, 7) is 0.701. The van der Waals surface area contributed by atoms with Crippen molar-refractivity contribution in [2.75, 3.05) is 24.3 Å². The van der Waals surface area contributed by atoms with E-state index >= 15 is 0 Å². The molecule has 2 rings (SSSR count). The molecule has 0 fully saturated rings. The lowest BCUT2D eigenvalue weighted by atomic mass is 10.2. The molecule has 5 heteroatoms. The quantitative estimate of drug-likeness (QED) is 0.920. The SMILES string of the molecule is CN(C)c1cc(CNc2ccncc2Cl)ccn1. The lowest BCUT2D eigenvalue weighted by molar-refractivity contribution is 1.04. The highest BCUT2D eigenvalue weighted by Gasteiger charge is 2.01. The average Bonchev–Trinajstić information content (AvgIpc) is 2.38. The molecular weight excluding hydrogens is 248 g/mol. The first-order chi connectivity index (χ1) is 8.66.